The first-order chi connectivity index (χ1) is 14.6. The topological polar surface area (TPSA) is 89.6 Å². The second kappa shape index (κ2) is 9.29. The van der Waals surface area contributed by atoms with Crippen LogP contribution < -0.4 is 5.73 Å². The number of hydrogen-bond acceptors (Lipinski definition) is 5. The third kappa shape index (κ3) is 4.09. The SMILES string of the molecule is CCC(O)(C(=O)COCCCCN)[C@@]1(C)CC=C2C(CCC3=CC(=O)CC[C@@]32C)C1C. The number of nitrogens with two attached hydrogens (primary N) is 1. The molecule has 0 aromatic rings. The summed E-state index contributed by atoms with van der Waals surface area (Å²) in [5.41, 5.74) is 6.20. The van der Waals surface area contributed by atoms with Gasteiger partial charge in [-0.15, -0.1) is 0 Å². The minimum Gasteiger partial charge on any atom is -0.381 e. The summed E-state index contributed by atoms with van der Waals surface area (Å²) >= 11 is 0. The molecule has 0 spiro atoms. The van der Waals surface area contributed by atoms with Crippen LogP contribution in [0.3, 0.4) is 0 Å². The van der Waals surface area contributed by atoms with E-state index in [1.807, 2.05) is 13.0 Å². The lowest BCUT2D eigenvalue weighted by Crippen LogP contribution is -2.59. The number of unbranched alkanes of at least 4 members (excludes halogenated alkanes) is 1. The van der Waals surface area contributed by atoms with Gasteiger partial charge < -0.3 is 15.6 Å². The van der Waals surface area contributed by atoms with E-state index in [4.69, 9.17) is 10.5 Å². The Balaban J connectivity index is 1.84. The molecule has 0 radical (unpaired) electrons. The lowest BCUT2D eigenvalue weighted by atomic mass is 9.48. The average molecular weight is 432 g/mol. The first-order valence-corrected chi connectivity index (χ1v) is 12.1. The lowest BCUT2D eigenvalue weighted by Gasteiger charge is -2.57. The van der Waals surface area contributed by atoms with E-state index in [2.05, 4.69) is 26.8 Å². The number of aliphatic hydroxyl groups is 1. The molecule has 3 rings (SSSR count). The van der Waals surface area contributed by atoms with Crippen LogP contribution in [0.1, 0.15) is 79.1 Å². The van der Waals surface area contributed by atoms with Crippen LogP contribution in [-0.4, -0.2) is 42.0 Å². The van der Waals surface area contributed by atoms with Crippen LogP contribution in [0.4, 0.5) is 0 Å². The molecular formula is C26H41NO4. The number of carbonyl (C=O) groups excluding carboxylic acids is 2. The summed E-state index contributed by atoms with van der Waals surface area (Å²) in [6.45, 7) is 9.54. The number of hydrogen-bond donors (Lipinski definition) is 2. The fourth-order valence-electron chi connectivity index (χ4n) is 6.46. The molecule has 0 bridgehead atoms. The normalized spacial score (nSPS) is 34.8. The van der Waals surface area contributed by atoms with Crippen LogP contribution in [0.25, 0.3) is 0 Å². The van der Waals surface area contributed by atoms with Crippen LogP contribution in [0, 0.1) is 22.7 Å². The number of ketones is 2. The minimum atomic E-state index is -1.41. The molecule has 0 saturated heterocycles. The molecule has 0 heterocycles. The molecular weight excluding hydrogens is 390 g/mol. The zero-order valence-corrected chi connectivity index (χ0v) is 19.8. The number of carbonyl (C=O) groups is 2. The molecule has 31 heavy (non-hydrogen) atoms. The molecule has 0 aromatic heterocycles. The standard InChI is InChI=1S/C26H41NO4/c1-5-26(30,23(29)17-31-15-7-6-14-27)25(4)13-11-22-21(18(25)2)9-8-19-16-20(28)10-12-24(19,22)3/h11,16,18,21,30H,5-10,12-15,17,27H2,1-4H3/t18?,21?,24-,25-,26?/m0/s1. The Hall–Kier alpha value is -1.30. The summed E-state index contributed by atoms with van der Waals surface area (Å²) in [6, 6.07) is 0. The Bertz CT molecular complexity index is 771. The fraction of sp³-hybridized carbons (Fsp3) is 0.769. The fourth-order valence-corrected chi connectivity index (χ4v) is 6.46. The molecule has 0 aliphatic heterocycles. The van der Waals surface area contributed by atoms with Crippen molar-refractivity contribution >= 4 is 11.6 Å². The van der Waals surface area contributed by atoms with Gasteiger partial charge in [0.2, 0.25) is 0 Å². The quantitative estimate of drug-likeness (QED) is 0.423. The third-order valence-corrected chi connectivity index (χ3v) is 8.92. The molecule has 3 unspecified atom stereocenters. The molecule has 5 nitrogen and oxygen atoms in total. The molecule has 1 saturated carbocycles. The van der Waals surface area contributed by atoms with E-state index < -0.39 is 11.0 Å². The number of allylic oxidation sites excluding steroid dienone is 4. The first kappa shape index (κ1) is 24.3. The van der Waals surface area contributed by atoms with E-state index in [-0.39, 0.29) is 29.5 Å². The van der Waals surface area contributed by atoms with Gasteiger partial charge >= 0.3 is 0 Å². The predicted octanol–water partition coefficient (Wildman–Crippen LogP) is 4.13. The van der Waals surface area contributed by atoms with Gasteiger partial charge in [-0.05, 0) is 69.4 Å². The van der Waals surface area contributed by atoms with Crippen molar-refractivity contribution in [1.82, 2.24) is 0 Å². The van der Waals surface area contributed by atoms with Crippen molar-refractivity contribution < 1.29 is 19.4 Å². The van der Waals surface area contributed by atoms with Crippen molar-refractivity contribution in [2.45, 2.75) is 84.7 Å². The van der Waals surface area contributed by atoms with E-state index in [0.29, 0.717) is 38.3 Å². The molecule has 3 aliphatic rings. The second-order valence-electron chi connectivity index (χ2n) is 10.4. The highest BCUT2D eigenvalue weighted by molar-refractivity contribution is 5.92. The molecule has 3 aliphatic carbocycles. The smallest absolute Gasteiger partial charge is 0.190 e. The predicted molar refractivity (Wildman–Crippen MR) is 122 cm³/mol. The van der Waals surface area contributed by atoms with E-state index in [1.165, 1.54) is 11.1 Å². The van der Waals surface area contributed by atoms with Gasteiger partial charge in [0.1, 0.15) is 12.2 Å². The number of ether oxygens (including phenoxy) is 1. The highest BCUT2D eigenvalue weighted by Crippen LogP contribution is 2.61. The largest absolute Gasteiger partial charge is 0.381 e. The van der Waals surface area contributed by atoms with Crippen molar-refractivity contribution in [2.75, 3.05) is 19.8 Å². The number of fused-ring (bicyclic) bond motifs is 3. The molecule has 0 amide bonds. The van der Waals surface area contributed by atoms with Crippen molar-refractivity contribution in [2.24, 2.45) is 28.4 Å². The van der Waals surface area contributed by atoms with Crippen LogP contribution in [0.15, 0.2) is 23.3 Å². The molecule has 5 atom stereocenters. The summed E-state index contributed by atoms with van der Waals surface area (Å²) in [5.74, 6) is 0.526. The van der Waals surface area contributed by atoms with Gasteiger partial charge in [-0.1, -0.05) is 44.9 Å². The second-order valence-corrected chi connectivity index (χ2v) is 10.4. The van der Waals surface area contributed by atoms with Gasteiger partial charge in [0, 0.05) is 23.9 Å². The van der Waals surface area contributed by atoms with E-state index >= 15 is 0 Å². The van der Waals surface area contributed by atoms with Gasteiger partial charge in [-0.3, -0.25) is 9.59 Å². The molecule has 1 fully saturated rings. The molecule has 5 heteroatoms. The van der Waals surface area contributed by atoms with E-state index in [0.717, 1.165) is 32.1 Å². The average Bonchev–Trinajstić information content (AvgIpc) is 2.75. The van der Waals surface area contributed by atoms with Crippen LogP contribution >= 0.6 is 0 Å². The van der Waals surface area contributed by atoms with Gasteiger partial charge in [-0.25, -0.2) is 0 Å². The minimum absolute atomic E-state index is 0.0488. The monoisotopic (exact) mass is 431 g/mol. The van der Waals surface area contributed by atoms with Gasteiger partial charge in [0.15, 0.2) is 11.6 Å². The Kier molecular flexibility index (Phi) is 7.29. The molecule has 0 aromatic carbocycles. The Morgan fingerprint density at radius 3 is 2.74 bits per heavy atom. The van der Waals surface area contributed by atoms with Gasteiger partial charge in [-0.2, -0.15) is 0 Å². The number of rotatable bonds is 9. The summed E-state index contributed by atoms with van der Waals surface area (Å²) in [4.78, 5) is 25.2. The first-order valence-electron chi connectivity index (χ1n) is 12.1. The Morgan fingerprint density at radius 1 is 1.32 bits per heavy atom. The highest BCUT2D eigenvalue weighted by atomic mass is 16.5. The highest BCUT2D eigenvalue weighted by Gasteiger charge is 2.58. The summed E-state index contributed by atoms with van der Waals surface area (Å²) in [5, 5.41) is 11.7. The van der Waals surface area contributed by atoms with Crippen molar-refractivity contribution in [3.8, 4) is 0 Å². The van der Waals surface area contributed by atoms with Crippen LogP contribution in [0.2, 0.25) is 0 Å². The maximum atomic E-state index is 13.2. The van der Waals surface area contributed by atoms with Crippen LogP contribution in [-0.2, 0) is 14.3 Å². The summed E-state index contributed by atoms with van der Waals surface area (Å²) < 4.78 is 5.60. The van der Waals surface area contributed by atoms with E-state index in [9.17, 15) is 14.7 Å². The Labute approximate surface area is 187 Å². The van der Waals surface area contributed by atoms with Gasteiger partial charge in [0.05, 0.1) is 0 Å². The Morgan fingerprint density at radius 2 is 2.06 bits per heavy atom. The molecule has 3 N–H and O–H groups in total. The zero-order valence-electron chi connectivity index (χ0n) is 19.8. The summed E-state index contributed by atoms with van der Waals surface area (Å²) in [6.07, 6.45) is 10.3. The maximum Gasteiger partial charge on any atom is 0.190 e. The van der Waals surface area contributed by atoms with E-state index in [1.54, 1.807) is 0 Å². The maximum absolute atomic E-state index is 13.2. The zero-order chi connectivity index (χ0) is 22.9. The van der Waals surface area contributed by atoms with Crippen molar-refractivity contribution in [3.63, 3.8) is 0 Å². The van der Waals surface area contributed by atoms with Crippen LogP contribution in [0.5, 0.6) is 0 Å². The lowest BCUT2D eigenvalue weighted by molar-refractivity contribution is -0.168. The van der Waals surface area contributed by atoms with Crippen molar-refractivity contribution in [1.29, 1.82) is 0 Å². The summed E-state index contributed by atoms with van der Waals surface area (Å²) in [7, 11) is 0. The number of Topliss-reactive ketones (excluding diaryl/α,β-unsaturated/α-hetero) is 1. The molecule has 174 valence electrons. The van der Waals surface area contributed by atoms with Gasteiger partial charge in [0.25, 0.3) is 0 Å². The van der Waals surface area contributed by atoms with Crippen molar-refractivity contribution in [3.05, 3.63) is 23.3 Å². The third-order valence-electron chi connectivity index (χ3n) is 8.92.